The molecule has 0 aliphatic heterocycles. The first-order valence-electron chi connectivity index (χ1n) is 6.72. The topological polar surface area (TPSA) is 61.3 Å². The Labute approximate surface area is 132 Å². The molecule has 1 atom stereocenters. The first kappa shape index (κ1) is 18.7. The summed E-state index contributed by atoms with van der Waals surface area (Å²) in [6, 6.07) is 1.22. The number of hydrogen-bond acceptors (Lipinski definition) is 7. The normalized spacial score (nSPS) is 13.9. The molecule has 1 rings (SSSR count). The lowest BCUT2D eigenvalue weighted by Gasteiger charge is -2.15. The maximum absolute atomic E-state index is 13.4. The Hall–Kier alpha value is -0.300. The zero-order valence-corrected chi connectivity index (χ0v) is 14.9. The van der Waals surface area contributed by atoms with E-state index in [2.05, 4.69) is 9.97 Å². The van der Waals surface area contributed by atoms with Gasteiger partial charge in [0.2, 0.25) is 5.95 Å². The van der Waals surface area contributed by atoms with Crippen LogP contribution in [0.1, 0.15) is 32.9 Å². The lowest BCUT2D eigenvalue weighted by Crippen LogP contribution is -2.01. The second kappa shape index (κ2) is 9.66. The summed E-state index contributed by atoms with van der Waals surface area (Å²) in [6.07, 6.45) is 0.916. The van der Waals surface area contributed by atoms with Crippen LogP contribution >= 0.6 is 28.5 Å². The van der Waals surface area contributed by atoms with Gasteiger partial charge in [0, 0.05) is 17.6 Å². The third-order valence-electron chi connectivity index (χ3n) is 2.11. The van der Waals surface area contributed by atoms with Crippen molar-refractivity contribution in [2.45, 2.75) is 32.9 Å². The predicted molar refractivity (Wildman–Crippen MR) is 86.4 cm³/mol. The highest BCUT2D eigenvalue weighted by atomic mass is 33.1. The van der Waals surface area contributed by atoms with Crippen LogP contribution in [0.4, 0.5) is 4.39 Å². The Morgan fingerprint density at radius 2 is 2.00 bits per heavy atom. The van der Waals surface area contributed by atoms with Gasteiger partial charge in [0.1, 0.15) is 0 Å². The van der Waals surface area contributed by atoms with Crippen LogP contribution in [-0.4, -0.2) is 28.9 Å². The molecule has 0 saturated heterocycles. The van der Waals surface area contributed by atoms with Crippen molar-refractivity contribution in [1.82, 2.24) is 9.97 Å². The van der Waals surface area contributed by atoms with Crippen LogP contribution in [0.5, 0.6) is 6.01 Å². The Morgan fingerprint density at radius 3 is 2.62 bits per heavy atom. The summed E-state index contributed by atoms with van der Waals surface area (Å²) >= 11 is 2.48. The van der Waals surface area contributed by atoms with E-state index in [0.717, 1.165) is 23.6 Å². The number of rotatable bonds is 10. The van der Waals surface area contributed by atoms with Crippen LogP contribution < -0.4 is 4.74 Å². The molecule has 0 radical (unpaired) electrons. The summed E-state index contributed by atoms with van der Waals surface area (Å²) in [4.78, 5) is 7.63. The molecule has 0 saturated carbocycles. The highest BCUT2D eigenvalue weighted by Crippen LogP contribution is 2.70. The summed E-state index contributed by atoms with van der Waals surface area (Å²) in [7, 11) is 0. The lowest BCUT2D eigenvalue weighted by molar-refractivity contribution is 0.305. The summed E-state index contributed by atoms with van der Waals surface area (Å²) in [5.74, 6) is -2.45. The van der Waals surface area contributed by atoms with Gasteiger partial charge in [-0.3, -0.25) is 4.57 Å². The molecule has 5 nitrogen and oxygen atoms in total. The molecule has 120 valence electrons. The minimum atomic E-state index is -2.84. The van der Waals surface area contributed by atoms with Crippen molar-refractivity contribution in [3.05, 3.63) is 17.7 Å². The summed E-state index contributed by atoms with van der Waals surface area (Å²) in [5, 5.41) is 0. The first-order chi connectivity index (χ1) is 10.0. The van der Waals surface area contributed by atoms with Gasteiger partial charge in [-0.05, 0) is 20.3 Å². The van der Waals surface area contributed by atoms with E-state index in [1.165, 1.54) is 17.4 Å². The van der Waals surface area contributed by atoms with E-state index in [4.69, 9.17) is 9.26 Å². The molecule has 0 aliphatic rings. The maximum atomic E-state index is 13.4. The van der Waals surface area contributed by atoms with Gasteiger partial charge in [-0.25, -0.2) is 0 Å². The largest absolute Gasteiger partial charge is 0.464 e. The molecule has 9 heteroatoms. The van der Waals surface area contributed by atoms with E-state index in [-0.39, 0.29) is 11.8 Å². The van der Waals surface area contributed by atoms with Gasteiger partial charge < -0.3 is 9.26 Å². The molecular weight excluding hydrogens is 334 g/mol. The van der Waals surface area contributed by atoms with Crippen LogP contribution in [0.25, 0.3) is 0 Å². The SMILES string of the molecule is CCCSP(=O)(OCC)SCc1cc(F)nc(OCC)n1. The zero-order valence-electron chi connectivity index (χ0n) is 12.4. The van der Waals surface area contributed by atoms with E-state index < -0.39 is 11.7 Å². The van der Waals surface area contributed by atoms with Gasteiger partial charge >= 0.3 is 11.8 Å². The summed E-state index contributed by atoms with van der Waals surface area (Å²) in [5.41, 5.74) is 0.438. The van der Waals surface area contributed by atoms with E-state index in [0.29, 0.717) is 18.9 Å². The Morgan fingerprint density at radius 1 is 1.24 bits per heavy atom. The molecule has 1 aromatic rings. The average Bonchev–Trinajstić information content (AvgIpc) is 2.43. The van der Waals surface area contributed by atoms with Crippen LogP contribution in [-0.2, 0) is 14.8 Å². The van der Waals surface area contributed by atoms with Crippen LogP contribution in [0, 0.1) is 5.95 Å². The second-order valence-electron chi connectivity index (χ2n) is 3.87. The first-order valence-corrected chi connectivity index (χ1v) is 11.5. The number of aromatic nitrogens is 2. The third kappa shape index (κ3) is 7.00. The monoisotopic (exact) mass is 354 g/mol. The highest BCUT2D eigenvalue weighted by Gasteiger charge is 2.24. The maximum Gasteiger partial charge on any atom is 0.319 e. The predicted octanol–water partition coefficient (Wildman–Crippen LogP) is 4.54. The number of hydrogen-bond donors (Lipinski definition) is 0. The molecule has 21 heavy (non-hydrogen) atoms. The van der Waals surface area contributed by atoms with Crippen LogP contribution in [0.3, 0.4) is 0 Å². The van der Waals surface area contributed by atoms with Crippen LogP contribution in [0.2, 0.25) is 0 Å². The molecular formula is C12H20FN2O3PS2. The fourth-order valence-electron chi connectivity index (χ4n) is 1.33. The molecule has 0 spiro atoms. The van der Waals surface area contributed by atoms with E-state index in [9.17, 15) is 8.96 Å². The molecule has 0 aliphatic carbocycles. The van der Waals surface area contributed by atoms with E-state index in [1.807, 2.05) is 6.92 Å². The van der Waals surface area contributed by atoms with Crippen molar-refractivity contribution < 1.29 is 18.2 Å². The fourth-order valence-corrected chi connectivity index (χ4v) is 7.92. The van der Waals surface area contributed by atoms with Gasteiger partial charge in [0.25, 0.3) is 0 Å². The minimum absolute atomic E-state index is 0.000512. The standard InChI is InChI=1S/C12H20FN2O3PS2/c1-4-7-20-19(16,18-6-3)21-9-10-8-11(13)15-12(14-10)17-5-2/h8H,4-7,9H2,1-3H3. The smallest absolute Gasteiger partial charge is 0.319 e. The molecule has 1 aromatic heterocycles. The number of halogens is 1. The fraction of sp³-hybridized carbons (Fsp3) is 0.667. The molecule has 1 unspecified atom stereocenters. The van der Waals surface area contributed by atoms with Gasteiger partial charge in [0.15, 0.2) is 0 Å². The Kier molecular flexibility index (Phi) is 8.63. The summed E-state index contributed by atoms with van der Waals surface area (Å²) < 4.78 is 36.4. The van der Waals surface area contributed by atoms with Crippen molar-refractivity contribution in [1.29, 1.82) is 0 Å². The molecule has 0 N–H and O–H groups in total. The van der Waals surface area contributed by atoms with Crippen molar-refractivity contribution in [3.63, 3.8) is 0 Å². The second-order valence-corrected chi connectivity index (χ2v) is 11.4. The lowest BCUT2D eigenvalue weighted by atomic mass is 10.4. The third-order valence-corrected chi connectivity index (χ3v) is 9.70. The average molecular weight is 354 g/mol. The number of nitrogens with zero attached hydrogens (tertiary/aromatic N) is 2. The Balaban J connectivity index is 2.72. The minimum Gasteiger partial charge on any atom is -0.464 e. The molecule has 0 aromatic carbocycles. The van der Waals surface area contributed by atoms with Gasteiger partial charge in [0.05, 0.1) is 18.9 Å². The van der Waals surface area contributed by atoms with E-state index >= 15 is 0 Å². The Bertz CT molecular complexity index is 494. The van der Waals surface area contributed by atoms with Crippen molar-refractivity contribution in [3.8, 4) is 6.01 Å². The zero-order chi connectivity index (χ0) is 15.7. The van der Waals surface area contributed by atoms with Crippen molar-refractivity contribution >= 4 is 28.5 Å². The molecule has 1 heterocycles. The molecule has 0 bridgehead atoms. The van der Waals surface area contributed by atoms with Gasteiger partial charge in [-0.15, -0.1) is 0 Å². The molecule has 0 amide bonds. The van der Waals surface area contributed by atoms with E-state index in [1.54, 1.807) is 13.8 Å². The van der Waals surface area contributed by atoms with Crippen molar-refractivity contribution in [2.75, 3.05) is 19.0 Å². The number of ether oxygens (including phenoxy) is 1. The van der Waals surface area contributed by atoms with Crippen molar-refractivity contribution in [2.24, 2.45) is 0 Å². The molecule has 0 fully saturated rings. The summed E-state index contributed by atoms with van der Waals surface area (Å²) in [6.45, 7) is 6.33. The van der Waals surface area contributed by atoms with Crippen LogP contribution in [0.15, 0.2) is 6.07 Å². The van der Waals surface area contributed by atoms with Gasteiger partial charge in [-0.1, -0.05) is 29.7 Å². The quantitative estimate of drug-likeness (QED) is 0.452. The highest BCUT2D eigenvalue weighted by molar-refractivity contribution is 8.89. The van der Waals surface area contributed by atoms with Gasteiger partial charge in [-0.2, -0.15) is 14.4 Å².